The van der Waals surface area contributed by atoms with Gasteiger partial charge in [0.2, 0.25) is 0 Å². The van der Waals surface area contributed by atoms with Crippen LogP contribution in [0.2, 0.25) is 0 Å². The van der Waals surface area contributed by atoms with Gasteiger partial charge in [-0.3, -0.25) is 0 Å². The second-order valence-corrected chi connectivity index (χ2v) is 3.41. The molecule has 0 unspecified atom stereocenters. The first-order valence-corrected chi connectivity index (χ1v) is 5.49. The lowest BCUT2D eigenvalue weighted by atomic mass is 10.2. The second kappa shape index (κ2) is 10.7. The molecule has 0 saturated carbocycles. The van der Waals surface area contributed by atoms with E-state index in [2.05, 4.69) is 4.74 Å². The molecule has 0 bridgehead atoms. The first-order valence-electron chi connectivity index (χ1n) is 5.49. The summed E-state index contributed by atoms with van der Waals surface area (Å²) in [6.07, 6.45) is -0.692. The molecule has 1 radical (unpaired) electrons. The van der Waals surface area contributed by atoms with E-state index >= 15 is 0 Å². The minimum atomic E-state index is -0.692. The van der Waals surface area contributed by atoms with Crippen molar-refractivity contribution in [2.45, 2.75) is 20.8 Å². The van der Waals surface area contributed by atoms with Crippen molar-refractivity contribution in [1.82, 2.24) is 0 Å². The van der Waals surface area contributed by atoms with E-state index in [4.69, 9.17) is 14.2 Å². The highest BCUT2D eigenvalue weighted by molar-refractivity contribution is 5.60. The third-order valence-electron chi connectivity index (χ3n) is 1.46. The van der Waals surface area contributed by atoms with Crippen molar-refractivity contribution in [2.24, 2.45) is 5.92 Å². The fourth-order valence-corrected chi connectivity index (χ4v) is 0.774. The monoisotopic (exact) mass is 233 g/mol. The lowest BCUT2D eigenvalue weighted by Gasteiger charge is -2.07. The molecule has 5 nitrogen and oxygen atoms in total. The number of hydrogen-bond donors (Lipinski definition) is 0. The van der Waals surface area contributed by atoms with Crippen molar-refractivity contribution in [3.63, 3.8) is 0 Å². The number of carbonyl (C=O) groups is 1. The molecule has 0 aliphatic carbocycles. The molecule has 0 saturated heterocycles. The van der Waals surface area contributed by atoms with Gasteiger partial charge in [0.05, 0.1) is 19.8 Å². The first-order chi connectivity index (χ1) is 7.66. The van der Waals surface area contributed by atoms with Gasteiger partial charge in [0, 0.05) is 6.61 Å². The Morgan fingerprint density at radius 3 is 2.38 bits per heavy atom. The predicted molar refractivity (Wildman–Crippen MR) is 58.9 cm³/mol. The zero-order valence-corrected chi connectivity index (χ0v) is 10.2. The van der Waals surface area contributed by atoms with Crippen molar-refractivity contribution < 1.29 is 23.7 Å². The summed E-state index contributed by atoms with van der Waals surface area (Å²) in [5, 5.41) is 0. The Morgan fingerprint density at radius 2 is 1.75 bits per heavy atom. The molecule has 0 aliphatic heterocycles. The molecular weight excluding hydrogens is 212 g/mol. The summed E-state index contributed by atoms with van der Waals surface area (Å²) in [5.41, 5.74) is 0. The predicted octanol–water partition coefficient (Wildman–Crippen LogP) is 2.01. The van der Waals surface area contributed by atoms with Crippen LogP contribution in [-0.4, -0.2) is 39.2 Å². The van der Waals surface area contributed by atoms with Crippen LogP contribution in [0.25, 0.3) is 0 Å². The van der Waals surface area contributed by atoms with Crippen LogP contribution in [-0.2, 0) is 18.9 Å². The van der Waals surface area contributed by atoms with Gasteiger partial charge in [-0.25, -0.2) is 4.79 Å². The number of carbonyl (C=O) groups excluding carboxylic acids is 1. The molecule has 0 aromatic carbocycles. The third-order valence-corrected chi connectivity index (χ3v) is 1.46. The van der Waals surface area contributed by atoms with E-state index in [0.29, 0.717) is 26.4 Å². The summed E-state index contributed by atoms with van der Waals surface area (Å²) in [6.45, 7) is 9.45. The molecule has 16 heavy (non-hydrogen) atoms. The van der Waals surface area contributed by atoms with Crippen LogP contribution in [0.1, 0.15) is 20.8 Å². The molecule has 0 fully saturated rings. The topological polar surface area (TPSA) is 54.0 Å². The molecule has 0 amide bonds. The zero-order valence-electron chi connectivity index (χ0n) is 10.2. The molecule has 0 rings (SSSR count). The maximum absolute atomic E-state index is 10.9. The normalized spacial score (nSPS) is 10.5. The quantitative estimate of drug-likeness (QED) is 0.450. The van der Waals surface area contributed by atoms with Crippen LogP contribution >= 0.6 is 0 Å². The lowest BCUT2D eigenvalue weighted by Crippen LogP contribution is -2.13. The largest absolute Gasteiger partial charge is 0.508 e. The van der Waals surface area contributed by atoms with Gasteiger partial charge in [-0.2, -0.15) is 0 Å². The first kappa shape index (κ1) is 15.2. The fourth-order valence-electron chi connectivity index (χ4n) is 0.774. The van der Waals surface area contributed by atoms with Gasteiger partial charge in [0.1, 0.15) is 13.2 Å². The van der Waals surface area contributed by atoms with Crippen molar-refractivity contribution >= 4 is 6.16 Å². The third kappa shape index (κ3) is 11.3. The van der Waals surface area contributed by atoms with E-state index in [1.165, 1.54) is 6.61 Å². The minimum Gasteiger partial charge on any atom is -0.432 e. The van der Waals surface area contributed by atoms with Crippen LogP contribution < -0.4 is 0 Å². The molecule has 0 aromatic rings. The average Bonchev–Trinajstić information content (AvgIpc) is 2.25. The Balaban J connectivity index is 3.15. The Hall–Kier alpha value is -0.810. The molecule has 0 aliphatic rings. The summed E-state index contributed by atoms with van der Waals surface area (Å²) < 4.78 is 19.6. The summed E-state index contributed by atoms with van der Waals surface area (Å²) in [5.74, 6) is 0.190. The van der Waals surface area contributed by atoms with Crippen LogP contribution in [0, 0.1) is 12.5 Å². The van der Waals surface area contributed by atoms with E-state index in [-0.39, 0.29) is 12.5 Å². The second-order valence-electron chi connectivity index (χ2n) is 3.41. The Labute approximate surface area is 97.0 Å². The standard InChI is InChI=1S/C11H21O5/c1-4-13-5-6-14-7-8-15-11(12)16-9-10(2)3/h9-10H,4-8H2,1-3H3. The van der Waals surface area contributed by atoms with Gasteiger partial charge in [-0.1, -0.05) is 13.8 Å². The van der Waals surface area contributed by atoms with Crippen LogP contribution in [0.15, 0.2) is 0 Å². The van der Waals surface area contributed by atoms with Crippen LogP contribution in [0.5, 0.6) is 0 Å². The maximum atomic E-state index is 10.9. The minimum absolute atomic E-state index is 0.190. The molecule has 0 N–H and O–H groups in total. The lowest BCUT2D eigenvalue weighted by molar-refractivity contribution is 0.0153. The summed E-state index contributed by atoms with van der Waals surface area (Å²) in [6, 6.07) is 0. The Bertz CT molecular complexity index is 170. The summed E-state index contributed by atoms with van der Waals surface area (Å²) >= 11 is 0. The summed E-state index contributed by atoms with van der Waals surface area (Å²) in [7, 11) is 0. The van der Waals surface area contributed by atoms with E-state index in [1.54, 1.807) is 0 Å². The Kier molecular flexibility index (Phi) is 10.2. The maximum Gasteiger partial charge on any atom is 0.508 e. The van der Waals surface area contributed by atoms with Crippen molar-refractivity contribution in [3.05, 3.63) is 6.61 Å². The van der Waals surface area contributed by atoms with E-state index in [9.17, 15) is 4.79 Å². The highest BCUT2D eigenvalue weighted by Gasteiger charge is 2.05. The van der Waals surface area contributed by atoms with Crippen molar-refractivity contribution in [2.75, 3.05) is 33.0 Å². The van der Waals surface area contributed by atoms with Crippen molar-refractivity contribution in [3.8, 4) is 0 Å². The smallest absolute Gasteiger partial charge is 0.432 e. The number of rotatable bonds is 9. The molecular formula is C11H21O5. The SMILES string of the molecule is CCOCCOCCOC(=O)O[CH]C(C)C. The van der Waals surface area contributed by atoms with E-state index < -0.39 is 6.16 Å². The average molecular weight is 233 g/mol. The van der Waals surface area contributed by atoms with Gasteiger partial charge in [0.25, 0.3) is 0 Å². The Morgan fingerprint density at radius 1 is 1.12 bits per heavy atom. The van der Waals surface area contributed by atoms with Gasteiger partial charge < -0.3 is 18.9 Å². The molecule has 5 heteroatoms. The number of hydrogen-bond acceptors (Lipinski definition) is 5. The molecule has 95 valence electrons. The van der Waals surface area contributed by atoms with Gasteiger partial charge >= 0.3 is 6.16 Å². The van der Waals surface area contributed by atoms with Gasteiger partial charge in [-0.05, 0) is 12.8 Å². The summed E-state index contributed by atoms with van der Waals surface area (Å²) in [4.78, 5) is 10.9. The van der Waals surface area contributed by atoms with Crippen LogP contribution in [0.3, 0.4) is 0 Å². The van der Waals surface area contributed by atoms with Gasteiger partial charge in [0.15, 0.2) is 0 Å². The van der Waals surface area contributed by atoms with E-state index in [1.807, 2.05) is 20.8 Å². The van der Waals surface area contributed by atoms with Gasteiger partial charge in [-0.15, -0.1) is 0 Å². The molecule has 0 spiro atoms. The number of ether oxygens (including phenoxy) is 4. The highest BCUT2D eigenvalue weighted by atomic mass is 16.7. The van der Waals surface area contributed by atoms with Crippen LogP contribution in [0.4, 0.5) is 4.79 Å². The molecule has 0 heterocycles. The van der Waals surface area contributed by atoms with Crippen molar-refractivity contribution in [1.29, 1.82) is 0 Å². The fraction of sp³-hybridized carbons (Fsp3) is 0.818. The highest BCUT2D eigenvalue weighted by Crippen LogP contribution is 2.00. The molecule has 0 atom stereocenters. The zero-order chi connectivity index (χ0) is 12.2. The molecule has 0 aromatic heterocycles. The van der Waals surface area contributed by atoms with E-state index in [0.717, 1.165) is 0 Å².